The number of carbonyl (C=O) groups excluding carboxylic acids is 1. The number of hydrogen-bond acceptors (Lipinski definition) is 3. The molecule has 2 aromatic carbocycles. The molecule has 1 aliphatic heterocycles. The number of hydrogen-bond donors (Lipinski definition) is 1. The molecule has 1 aliphatic rings. The first-order valence-electron chi connectivity index (χ1n) is 8.58. The summed E-state index contributed by atoms with van der Waals surface area (Å²) >= 11 is 0. The molecule has 0 aromatic heterocycles. The first-order chi connectivity index (χ1) is 12.5. The normalized spacial score (nSPS) is 17.3. The van der Waals surface area contributed by atoms with Gasteiger partial charge in [0.25, 0.3) is 0 Å². The van der Waals surface area contributed by atoms with Crippen molar-refractivity contribution in [1.29, 1.82) is 0 Å². The number of benzene rings is 2. The monoisotopic (exact) mass is 360 g/mol. The molecule has 6 heteroatoms. The van der Waals surface area contributed by atoms with Crippen LogP contribution in [0.15, 0.2) is 42.5 Å². The standard InChI is InChI=1S/C20H22F2N2O2/c1-24(2)17(19-15(21)7-5-8-16(19)22)12-23-20(25)14-10-11-26-18-9-4-3-6-13(14)18/h3-9,14,17H,10-12H2,1-2H3,(H,23,25). The number of rotatable bonds is 5. The third kappa shape index (κ3) is 3.70. The van der Waals surface area contributed by atoms with Crippen LogP contribution in [0.25, 0.3) is 0 Å². The van der Waals surface area contributed by atoms with E-state index in [1.807, 2.05) is 24.3 Å². The lowest BCUT2D eigenvalue weighted by molar-refractivity contribution is -0.123. The van der Waals surface area contributed by atoms with Crippen LogP contribution in [0.3, 0.4) is 0 Å². The van der Waals surface area contributed by atoms with E-state index in [-0.39, 0.29) is 23.9 Å². The van der Waals surface area contributed by atoms with Gasteiger partial charge >= 0.3 is 0 Å². The second-order valence-electron chi connectivity index (χ2n) is 6.59. The zero-order chi connectivity index (χ0) is 18.7. The highest BCUT2D eigenvalue weighted by molar-refractivity contribution is 5.84. The molecule has 26 heavy (non-hydrogen) atoms. The van der Waals surface area contributed by atoms with Gasteiger partial charge in [-0.3, -0.25) is 4.79 Å². The fourth-order valence-electron chi connectivity index (χ4n) is 3.31. The van der Waals surface area contributed by atoms with Crippen molar-refractivity contribution in [2.24, 2.45) is 0 Å². The largest absolute Gasteiger partial charge is 0.493 e. The highest BCUT2D eigenvalue weighted by Gasteiger charge is 2.29. The SMILES string of the molecule is CN(C)C(CNC(=O)C1CCOc2ccccc21)c1c(F)cccc1F. The van der Waals surface area contributed by atoms with Crippen molar-refractivity contribution in [2.45, 2.75) is 18.4 Å². The predicted octanol–water partition coefficient (Wildman–Crippen LogP) is 3.25. The summed E-state index contributed by atoms with van der Waals surface area (Å²) in [5.74, 6) is -1.01. The van der Waals surface area contributed by atoms with Gasteiger partial charge in [0.1, 0.15) is 17.4 Å². The van der Waals surface area contributed by atoms with Gasteiger partial charge in [-0.25, -0.2) is 8.78 Å². The van der Waals surface area contributed by atoms with Crippen molar-refractivity contribution in [3.8, 4) is 5.75 Å². The fourth-order valence-corrected chi connectivity index (χ4v) is 3.31. The minimum Gasteiger partial charge on any atom is -0.493 e. The van der Waals surface area contributed by atoms with Crippen LogP contribution < -0.4 is 10.1 Å². The summed E-state index contributed by atoms with van der Waals surface area (Å²) in [6, 6.07) is 10.6. The van der Waals surface area contributed by atoms with Crippen LogP contribution in [0.1, 0.15) is 29.5 Å². The molecule has 0 saturated carbocycles. The second kappa shape index (κ2) is 7.83. The molecular formula is C20H22F2N2O2. The van der Waals surface area contributed by atoms with Gasteiger partial charge < -0.3 is 15.0 Å². The van der Waals surface area contributed by atoms with Crippen molar-refractivity contribution in [2.75, 3.05) is 27.2 Å². The van der Waals surface area contributed by atoms with Crippen LogP contribution in [0.4, 0.5) is 8.78 Å². The lowest BCUT2D eigenvalue weighted by Crippen LogP contribution is -2.38. The lowest BCUT2D eigenvalue weighted by atomic mass is 9.92. The van der Waals surface area contributed by atoms with Gasteiger partial charge in [0.15, 0.2) is 0 Å². The van der Waals surface area contributed by atoms with Crippen molar-refractivity contribution in [3.05, 3.63) is 65.2 Å². The fraction of sp³-hybridized carbons (Fsp3) is 0.350. The summed E-state index contributed by atoms with van der Waals surface area (Å²) in [4.78, 5) is 14.4. The topological polar surface area (TPSA) is 41.6 Å². The highest BCUT2D eigenvalue weighted by Crippen LogP contribution is 2.33. The predicted molar refractivity (Wildman–Crippen MR) is 95.1 cm³/mol. The van der Waals surface area contributed by atoms with E-state index in [1.54, 1.807) is 19.0 Å². The first kappa shape index (κ1) is 18.3. The molecule has 2 unspecified atom stereocenters. The Hall–Kier alpha value is -2.47. The maximum Gasteiger partial charge on any atom is 0.227 e. The lowest BCUT2D eigenvalue weighted by Gasteiger charge is -2.28. The van der Waals surface area contributed by atoms with E-state index in [0.29, 0.717) is 18.8 Å². The Morgan fingerprint density at radius 2 is 1.88 bits per heavy atom. The molecule has 3 rings (SSSR count). The summed E-state index contributed by atoms with van der Waals surface area (Å²) in [5, 5.41) is 2.86. The van der Waals surface area contributed by atoms with Crippen LogP contribution >= 0.6 is 0 Å². The molecule has 1 heterocycles. The number of halogens is 2. The summed E-state index contributed by atoms with van der Waals surface area (Å²) in [7, 11) is 3.46. The zero-order valence-electron chi connectivity index (χ0n) is 14.8. The van der Waals surface area contributed by atoms with E-state index >= 15 is 0 Å². The summed E-state index contributed by atoms with van der Waals surface area (Å²) < 4.78 is 33.9. The van der Waals surface area contributed by atoms with Crippen LogP contribution in [-0.4, -0.2) is 38.1 Å². The average molecular weight is 360 g/mol. The number of nitrogens with zero attached hydrogens (tertiary/aromatic N) is 1. The Kier molecular flexibility index (Phi) is 5.52. The number of likely N-dealkylation sites (N-methyl/N-ethyl adjacent to an activating group) is 1. The molecule has 0 radical (unpaired) electrons. The molecule has 0 aliphatic carbocycles. The Balaban J connectivity index is 1.76. The van der Waals surface area contributed by atoms with E-state index in [2.05, 4.69) is 5.32 Å². The third-order valence-corrected chi connectivity index (χ3v) is 4.70. The van der Waals surface area contributed by atoms with Gasteiger partial charge in [-0.15, -0.1) is 0 Å². The van der Waals surface area contributed by atoms with Crippen molar-refractivity contribution >= 4 is 5.91 Å². The third-order valence-electron chi connectivity index (χ3n) is 4.70. The number of amides is 1. The maximum atomic E-state index is 14.1. The summed E-state index contributed by atoms with van der Waals surface area (Å²) in [5.41, 5.74) is 0.805. The van der Waals surface area contributed by atoms with E-state index in [1.165, 1.54) is 18.2 Å². The quantitative estimate of drug-likeness (QED) is 0.890. The van der Waals surface area contributed by atoms with Gasteiger partial charge in [0.2, 0.25) is 5.91 Å². The molecule has 1 amide bonds. The minimum absolute atomic E-state index is 0.0369. The van der Waals surface area contributed by atoms with Crippen LogP contribution in [0.5, 0.6) is 5.75 Å². The molecular weight excluding hydrogens is 338 g/mol. The molecule has 0 saturated heterocycles. The summed E-state index contributed by atoms with van der Waals surface area (Å²) in [6.45, 7) is 0.581. The van der Waals surface area contributed by atoms with Gasteiger partial charge in [-0.05, 0) is 38.7 Å². The van der Waals surface area contributed by atoms with Crippen LogP contribution in [0, 0.1) is 11.6 Å². The molecule has 2 aromatic rings. The number of fused-ring (bicyclic) bond motifs is 1. The molecule has 4 nitrogen and oxygen atoms in total. The van der Waals surface area contributed by atoms with E-state index in [4.69, 9.17) is 4.74 Å². The van der Waals surface area contributed by atoms with Crippen LogP contribution in [-0.2, 0) is 4.79 Å². The Morgan fingerprint density at radius 1 is 1.19 bits per heavy atom. The second-order valence-corrected chi connectivity index (χ2v) is 6.59. The Bertz CT molecular complexity index is 775. The van der Waals surface area contributed by atoms with E-state index < -0.39 is 17.7 Å². The van der Waals surface area contributed by atoms with Crippen molar-refractivity contribution in [1.82, 2.24) is 10.2 Å². The molecule has 2 atom stereocenters. The van der Waals surface area contributed by atoms with Crippen molar-refractivity contribution < 1.29 is 18.3 Å². The molecule has 138 valence electrons. The van der Waals surface area contributed by atoms with E-state index in [0.717, 1.165) is 5.56 Å². The Morgan fingerprint density at radius 3 is 2.58 bits per heavy atom. The van der Waals surface area contributed by atoms with Crippen molar-refractivity contribution in [3.63, 3.8) is 0 Å². The average Bonchev–Trinajstić information content (AvgIpc) is 2.63. The Labute approximate surface area is 151 Å². The molecule has 0 spiro atoms. The maximum absolute atomic E-state index is 14.1. The van der Waals surface area contributed by atoms with E-state index in [9.17, 15) is 13.6 Å². The van der Waals surface area contributed by atoms with Gasteiger partial charge in [-0.1, -0.05) is 24.3 Å². The minimum atomic E-state index is -0.616. The number of carbonyl (C=O) groups is 1. The number of nitrogens with one attached hydrogen (secondary N) is 1. The molecule has 0 fully saturated rings. The van der Waals surface area contributed by atoms with Gasteiger partial charge in [-0.2, -0.15) is 0 Å². The number of para-hydroxylation sites is 1. The molecule has 1 N–H and O–H groups in total. The highest BCUT2D eigenvalue weighted by atomic mass is 19.1. The number of ether oxygens (including phenoxy) is 1. The van der Waals surface area contributed by atoms with Gasteiger partial charge in [0, 0.05) is 17.7 Å². The summed E-state index contributed by atoms with van der Waals surface area (Å²) in [6.07, 6.45) is 0.573. The van der Waals surface area contributed by atoms with Gasteiger partial charge in [0.05, 0.1) is 18.6 Å². The first-order valence-corrected chi connectivity index (χ1v) is 8.58. The zero-order valence-corrected chi connectivity index (χ0v) is 14.8. The smallest absolute Gasteiger partial charge is 0.227 e. The molecule has 0 bridgehead atoms. The van der Waals surface area contributed by atoms with Crippen LogP contribution in [0.2, 0.25) is 0 Å².